The van der Waals surface area contributed by atoms with Crippen LogP contribution in [0, 0.1) is 0 Å². The quantitative estimate of drug-likeness (QED) is 0.588. The number of rotatable bonds is 3. The first kappa shape index (κ1) is 8.96. The Morgan fingerprint density at radius 1 is 1.67 bits per heavy atom. The third-order valence-electron chi connectivity index (χ3n) is 1.71. The van der Waals surface area contributed by atoms with Gasteiger partial charge in [0.1, 0.15) is 0 Å². The van der Waals surface area contributed by atoms with E-state index in [0.29, 0.717) is 5.69 Å². The standard InChI is InChI=1S/C8H13N3O/c1-10-8(5-12)6-2-7(9)4-11-3-6/h2-4,8,10,12H,5,9H2,1H3/t8-/m1/s1. The highest BCUT2D eigenvalue weighted by atomic mass is 16.3. The second kappa shape index (κ2) is 4.04. The molecule has 1 atom stereocenters. The van der Waals surface area contributed by atoms with Crippen molar-refractivity contribution in [2.75, 3.05) is 19.4 Å². The number of aromatic nitrogens is 1. The Balaban J connectivity index is 2.85. The molecule has 0 saturated carbocycles. The molecule has 0 aromatic carbocycles. The molecule has 0 spiro atoms. The van der Waals surface area contributed by atoms with Crippen LogP contribution >= 0.6 is 0 Å². The van der Waals surface area contributed by atoms with E-state index in [0.717, 1.165) is 5.56 Å². The number of pyridine rings is 1. The van der Waals surface area contributed by atoms with Crippen LogP contribution in [0.2, 0.25) is 0 Å². The summed E-state index contributed by atoms with van der Waals surface area (Å²) >= 11 is 0. The molecule has 1 aromatic rings. The molecule has 0 fully saturated rings. The van der Waals surface area contributed by atoms with E-state index in [9.17, 15) is 0 Å². The highest BCUT2D eigenvalue weighted by Crippen LogP contribution is 2.12. The van der Waals surface area contributed by atoms with Gasteiger partial charge in [-0.2, -0.15) is 0 Å². The second-order valence-electron chi connectivity index (χ2n) is 2.58. The van der Waals surface area contributed by atoms with Gasteiger partial charge in [0, 0.05) is 12.4 Å². The van der Waals surface area contributed by atoms with Gasteiger partial charge in [-0.15, -0.1) is 0 Å². The molecule has 0 aliphatic rings. The molecular formula is C8H13N3O. The zero-order valence-corrected chi connectivity index (χ0v) is 6.99. The summed E-state index contributed by atoms with van der Waals surface area (Å²) in [6.45, 7) is 0.0433. The zero-order chi connectivity index (χ0) is 8.97. The van der Waals surface area contributed by atoms with Gasteiger partial charge >= 0.3 is 0 Å². The maximum atomic E-state index is 8.94. The number of anilines is 1. The monoisotopic (exact) mass is 167 g/mol. The maximum absolute atomic E-state index is 8.94. The molecule has 0 bridgehead atoms. The Morgan fingerprint density at radius 2 is 2.42 bits per heavy atom. The first-order chi connectivity index (χ1) is 5.77. The molecule has 12 heavy (non-hydrogen) atoms. The van der Waals surface area contributed by atoms with Crippen molar-refractivity contribution >= 4 is 5.69 Å². The van der Waals surface area contributed by atoms with Crippen molar-refractivity contribution < 1.29 is 5.11 Å². The van der Waals surface area contributed by atoms with Gasteiger partial charge in [-0.05, 0) is 18.7 Å². The van der Waals surface area contributed by atoms with E-state index in [1.165, 1.54) is 0 Å². The van der Waals surface area contributed by atoms with Gasteiger partial charge in [0.15, 0.2) is 0 Å². The minimum absolute atomic E-state index is 0.0433. The topological polar surface area (TPSA) is 71.2 Å². The fourth-order valence-corrected chi connectivity index (χ4v) is 1.03. The summed E-state index contributed by atoms with van der Waals surface area (Å²) in [7, 11) is 1.78. The summed E-state index contributed by atoms with van der Waals surface area (Å²) in [5.41, 5.74) is 7.05. The first-order valence-corrected chi connectivity index (χ1v) is 3.76. The highest BCUT2D eigenvalue weighted by molar-refractivity contribution is 5.38. The smallest absolute Gasteiger partial charge is 0.0627 e. The van der Waals surface area contributed by atoms with Crippen LogP contribution in [0.5, 0.6) is 0 Å². The van der Waals surface area contributed by atoms with E-state index in [2.05, 4.69) is 10.3 Å². The predicted molar refractivity (Wildman–Crippen MR) is 47.5 cm³/mol. The van der Waals surface area contributed by atoms with Crippen LogP contribution in [0.15, 0.2) is 18.5 Å². The van der Waals surface area contributed by atoms with Crippen molar-refractivity contribution in [1.82, 2.24) is 10.3 Å². The molecule has 0 aliphatic carbocycles. The Kier molecular flexibility index (Phi) is 3.01. The number of nitrogens with one attached hydrogen (secondary N) is 1. The number of hydrogen-bond donors (Lipinski definition) is 3. The van der Waals surface area contributed by atoms with Crippen LogP contribution in [0.25, 0.3) is 0 Å². The van der Waals surface area contributed by atoms with Crippen LogP contribution in [-0.2, 0) is 0 Å². The molecular weight excluding hydrogens is 154 g/mol. The molecule has 1 heterocycles. The van der Waals surface area contributed by atoms with Gasteiger partial charge in [-0.25, -0.2) is 0 Å². The third-order valence-corrected chi connectivity index (χ3v) is 1.71. The van der Waals surface area contributed by atoms with Gasteiger partial charge in [0.2, 0.25) is 0 Å². The first-order valence-electron chi connectivity index (χ1n) is 3.76. The molecule has 0 unspecified atom stereocenters. The van der Waals surface area contributed by atoms with Crippen molar-refractivity contribution in [2.45, 2.75) is 6.04 Å². The van der Waals surface area contributed by atoms with Gasteiger partial charge in [-0.3, -0.25) is 4.98 Å². The number of hydrogen-bond acceptors (Lipinski definition) is 4. The largest absolute Gasteiger partial charge is 0.397 e. The van der Waals surface area contributed by atoms with Gasteiger partial charge in [0.05, 0.1) is 18.3 Å². The predicted octanol–water partition coefficient (Wildman–Crippen LogP) is -0.0834. The maximum Gasteiger partial charge on any atom is 0.0627 e. The second-order valence-corrected chi connectivity index (χ2v) is 2.58. The number of aliphatic hydroxyl groups is 1. The summed E-state index contributed by atoms with van der Waals surface area (Å²) < 4.78 is 0. The lowest BCUT2D eigenvalue weighted by Crippen LogP contribution is -2.20. The number of likely N-dealkylation sites (N-methyl/N-ethyl adjacent to an activating group) is 1. The van der Waals surface area contributed by atoms with Crippen LogP contribution in [0.4, 0.5) is 5.69 Å². The molecule has 4 N–H and O–H groups in total. The number of nitrogen functional groups attached to an aromatic ring is 1. The molecule has 0 amide bonds. The summed E-state index contributed by atoms with van der Waals surface area (Å²) in [5.74, 6) is 0. The third kappa shape index (κ3) is 1.93. The molecule has 1 rings (SSSR count). The van der Waals surface area contributed by atoms with E-state index in [1.54, 1.807) is 25.5 Å². The zero-order valence-electron chi connectivity index (χ0n) is 6.99. The van der Waals surface area contributed by atoms with E-state index in [4.69, 9.17) is 10.8 Å². The number of aliphatic hydroxyl groups excluding tert-OH is 1. The molecule has 0 aliphatic heterocycles. The van der Waals surface area contributed by atoms with Crippen molar-refractivity contribution in [3.63, 3.8) is 0 Å². The molecule has 0 radical (unpaired) electrons. The Labute approximate surface area is 71.4 Å². The highest BCUT2D eigenvalue weighted by Gasteiger charge is 2.06. The summed E-state index contributed by atoms with van der Waals surface area (Å²) in [6.07, 6.45) is 3.27. The summed E-state index contributed by atoms with van der Waals surface area (Å²) in [4.78, 5) is 3.92. The van der Waals surface area contributed by atoms with E-state index in [-0.39, 0.29) is 12.6 Å². The van der Waals surface area contributed by atoms with Crippen molar-refractivity contribution in [1.29, 1.82) is 0 Å². The van der Waals surface area contributed by atoms with Gasteiger partial charge in [0.25, 0.3) is 0 Å². The molecule has 66 valence electrons. The SMILES string of the molecule is CN[C@H](CO)c1cncc(N)c1. The van der Waals surface area contributed by atoms with Crippen LogP contribution in [0.1, 0.15) is 11.6 Å². The van der Waals surface area contributed by atoms with E-state index >= 15 is 0 Å². The molecule has 0 saturated heterocycles. The molecule has 4 heteroatoms. The minimum Gasteiger partial charge on any atom is -0.397 e. The van der Waals surface area contributed by atoms with Crippen molar-refractivity contribution in [3.05, 3.63) is 24.0 Å². The van der Waals surface area contributed by atoms with Gasteiger partial charge < -0.3 is 16.2 Å². The fraction of sp³-hybridized carbons (Fsp3) is 0.375. The average molecular weight is 167 g/mol. The Morgan fingerprint density at radius 3 is 2.92 bits per heavy atom. The van der Waals surface area contributed by atoms with Crippen LogP contribution in [-0.4, -0.2) is 23.7 Å². The lowest BCUT2D eigenvalue weighted by molar-refractivity contribution is 0.251. The Bertz CT molecular complexity index is 248. The average Bonchev–Trinajstić information content (AvgIpc) is 2.07. The van der Waals surface area contributed by atoms with E-state index < -0.39 is 0 Å². The van der Waals surface area contributed by atoms with Crippen LogP contribution < -0.4 is 11.1 Å². The minimum atomic E-state index is -0.0824. The van der Waals surface area contributed by atoms with Crippen LogP contribution in [0.3, 0.4) is 0 Å². The number of nitrogens with zero attached hydrogens (tertiary/aromatic N) is 1. The lowest BCUT2D eigenvalue weighted by atomic mass is 10.1. The number of nitrogens with two attached hydrogens (primary N) is 1. The summed E-state index contributed by atoms with van der Waals surface area (Å²) in [5, 5.41) is 11.9. The van der Waals surface area contributed by atoms with Crippen molar-refractivity contribution in [3.8, 4) is 0 Å². The Hall–Kier alpha value is -1.13. The molecule has 4 nitrogen and oxygen atoms in total. The normalized spacial score (nSPS) is 12.8. The van der Waals surface area contributed by atoms with Gasteiger partial charge in [-0.1, -0.05) is 0 Å². The summed E-state index contributed by atoms with van der Waals surface area (Å²) in [6, 6.07) is 1.71. The van der Waals surface area contributed by atoms with E-state index in [1.807, 2.05) is 0 Å². The fourth-order valence-electron chi connectivity index (χ4n) is 1.03. The van der Waals surface area contributed by atoms with Crippen molar-refractivity contribution in [2.24, 2.45) is 0 Å². The molecule has 1 aromatic heterocycles. The lowest BCUT2D eigenvalue weighted by Gasteiger charge is -2.12.